The van der Waals surface area contributed by atoms with E-state index in [-0.39, 0.29) is 11.3 Å². The second kappa shape index (κ2) is 8.49. The van der Waals surface area contributed by atoms with E-state index < -0.39 is 0 Å². The number of hydrogen-bond acceptors (Lipinski definition) is 6. The van der Waals surface area contributed by atoms with E-state index in [4.69, 9.17) is 9.72 Å². The Bertz CT molecular complexity index is 1090. The zero-order chi connectivity index (χ0) is 22.0. The Kier molecular flexibility index (Phi) is 5.39. The van der Waals surface area contributed by atoms with Gasteiger partial charge in [-0.25, -0.2) is 4.98 Å². The van der Waals surface area contributed by atoms with E-state index in [1.54, 1.807) is 0 Å². The quantitative estimate of drug-likeness (QED) is 0.625. The minimum Gasteiger partial charge on any atom is -0.457 e. The largest absolute Gasteiger partial charge is 0.457 e. The maximum absolute atomic E-state index is 12.3. The van der Waals surface area contributed by atoms with Crippen LogP contribution in [-0.2, 0) is 4.79 Å². The Morgan fingerprint density at radius 1 is 1.00 bits per heavy atom. The number of aromatic nitrogens is 2. The van der Waals surface area contributed by atoms with Crippen molar-refractivity contribution < 1.29 is 9.53 Å². The SMILES string of the molecule is Cc1cnc(Nc2ccc(Oc3ccccc3)cc2)nc1N1CCC2(CCNC2=O)CC1. The standard InChI is InChI=1S/C25H27N5O2/c1-18-17-27-24(28-19-7-9-21(10-8-19)32-20-5-3-2-4-6-20)29-22(18)30-15-12-25(13-16-30)11-14-26-23(25)31/h2-10,17H,11-16H2,1H3,(H,26,31)(H,27,28,29). The highest BCUT2D eigenvalue weighted by Crippen LogP contribution is 2.39. The number of amides is 1. The number of nitrogens with one attached hydrogen (secondary N) is 2. The molecule has 2 aliphatic rings. The second-order valence-corrected chi connectivity index (χ2v) is 8.54. The number of piperidine rings is 1. The van der Waals surface area contributed by atoms with Gasteiger partial charge >= 0.3 is 0 Å². The van der Waals surface area contributed by atoms with Crippen LogP contribution in [0.25, 0.3) is 0 Å². The lowest BCUT2D eigenvalue weighted by Crippen LogP contribution is -2.44. The third kappa shape index (κ3) is 4.10. The minimum atomic E-state index is -0.178. The average molecular weight is 430 g/mol. The fourth-order valence-electron chi connectivity index (χ4n) is 4.51. The molecule has 2 saturated heterocycles. The van der Waals surface area contributed by atoms with Crippen molar-refractivity contribution in [2.24, 2.45) is 5.41 Å². The summed E-state index contributed by atoms with van der Waals surface area (Å²) in [5.74, 6) is 3.28. The fourth-order valence-corrected chi connectivity index (χ4v) is 4.51. The van der Waals surface area contributed by atoms with Crippen molar-refractivity contribution in [3.8, 4) is 11.5 Å². The van der Waals surface area contributed by atoms with Gasteiger partial charge in [-0.3, -0.25) is 4.79 Å². The number of ether oxygens (including phenoxy) is 1. The number of aryl methyl sites for hydroxylation is 1. The number of anilines is 3. The van der Waals surface area contributed by atoms with Gasteiger partial charge in [-0.2, -0.15) is 4.98 Å². The van der Waals surface area contributed by atoms with E-state index >= 15 is 0 Å². The summed E-state index contributed by atoms with van der Waals surface area (Å²) in [5.41, 5.74) is 1.75. The van der Waals surface area contributed by atoms with Crippen molar-refractivity contribution >= 4 is 23.4 Å². The van der Waals surface area contributed by atoms with Gasteiger partial charge in [-0.15, -0.1) is 0 Å². The van der Waals surface area contributed by atoms with Gasteiger partial charge in [0.05, 0.1) is 5.41 Å². The molecule has 1 aromatic heterocycles. The highest BCUT2D eigenvalue weighted by atomic mass is 16.5. The van der Waals surface area contributed by atoms with Gasteiger partial charge in [0.2, 0.25) is 11.9 Å². The third-order valence-electron chi connectivity index (χ3n) is 6.43. The fraction of sp³-hybridized carbons (Fsp3) is 0.320. The van der Waals surface area contributed by atoms with Crippen LogP contribution >= 0.6 is 0 Å². The van der Waals surface area contributed by atoms with Crippen molar-refractivity contribution in [1.82, 2.24) is 15.3 Å². The van der Waals surface area contributed by atoms with Crippen molar-refractivity contribution in [2.45, 2.75) is 26.2 Å². The molecule has 7 heteroatoms. The number of rotatable bonds is 5. The van der Waals surface area contributed by atoms with Crippen LogP contribution in [-0.4, -0.2) is 35.5 Å². The maximum atomic E-state index is 12.3. The molecule has 0 aliphatic carbocycles. The van der Waals surface area contributed by atoms with Crippen molar-refractivity contribution in [3.05, 3.63) is 66.4 Å². The molecule has 0 saturated carbocycles. The van der Waals surface area contributed by atoms with E-state index in [2.05, 4.69) is 20.5 Å². The van der Waals surface area contributed by atoms with Gasteiger partial charge in [-0.05, 0) is 62.6 Å². The van der Waals surface area contributed by atoms with Gasteiger partial charge in [0.1, 0.15) is 17.3 Å². The van der Waals surface area contributed by atoms with E-state index in [1.807, 2.05) is 67.7 Å². The zero-order valence-corrected chi connectivity index (χ0v) is 18.2. The average Bonchev–Trinajstić information content (AvgIpc) is 3.17. The molecule has 2 N–H and O–H groups in total. The molecule has 2 aliphatic heterocycles. The summed E-state index contributed by atoms with van der Waals surface area (Å²) < 4.78 is 5.85. The van der Waals surface area contributed by atoms with E-state index in [0.717, 1.165) is 67.5 Å². The summed E-state index contributed by atoms with van der Waals surface area (Å²) in [6, 6.07) is 17.4. The van der Waals surface area contributed by atoms with E-state index in [1.165, 1.54) is 0 Å². The van der Waals surface area contributed by atoms with E-state index in [9.17, 15) is 4.79 Å². The van der Waals surface area contributed by atoms with Crippen LogP contribution in [0.1, 0.15) is 24.8 Å². The summed E-state index contributed by atoms with van der Waals surface area (Å²) in [6.45, 7) is 4.49. The number of benzene rings is 2. The summed E-state index contributed by atoms with van der Waals surface area (Å²) >= 11 is 0. The molecule has 1 spiro atoms. The molecule has 164 valence electrons. The molecule has 2 aromatic carbocycles. The monoisotopic (exact) mass is 429 g/mol. The van der Waals surface area contributed by atoms with Crippen molar-refractivity contribution in [2.75, 3.05) is 29.9 Å². The first kappa shape index (κ1) is 20.3. The van der Waals surface area contributed by atoms with Gasteiger partial charge in [-0.1, -0.05) is 18.2 Å². The summed E-state index contributed by atoms with van der Waals surface area (Å²) in [5, 5.41) is 6.29. The molecule has 1 amide bonds. The Morgan fingerprint density at radius 3 is 2.41 bits per heavy atom. The molecular weight excluding hydrogens is 402 g/mol. The lowest BCUT2D eigenvalue weighted by atomic mass is 9.77. The van der Waals surface area contributed by atoms with Crippen molar-refractivity contribution in [3.63, 3.8) is 0 Å². The molecule has 0 radical (unpaired) electrons. The summed E-state index contributed by atoms with van der Waals surface area (Å²) in [7, 11) is 0. The predicted molar refractivity (Wildman–Crippen MR) is 125 cm³/mol. The molecule has 5 rings (SSSR count). The highest BCUT2D eigenvalue weighted by molar-refractivity contribution is 5.85. The first-order chi connectivity index (χ1) is 15.6. The first-order valence-electron chi connectivity index (χ1n) is 11.1. The molecular formula is C25H27N5O2. The Balaban J connectivity index is 1.25. The van der Waals surface area contributed by atoms with Crippen LogP contribution in [0, 0.1) is 12.3 Å². The molecule has 3 aromatic rings. The van der Waals surface area contributed by atoms with Crippen LogP contribution in [0.4, 0.5) is 17.5 Å². The summed E-state index contributed by atoms with van der Waals surface area (Å²) in [6.07, 6.45) is 4.53. The zero-order valence-electron chi connectivity index (χ0n) is 18.2. The van der Waals surface area contributed by atoms with Crippen LogP contribution in [0.3, 0.4) is 0 Å². The van der Waals surface area contributed by atoms with Gasteiger partial charge in [0.25, 0.3) is 0 Å². The van der Waals surface area contributed by atoms with E-state index in [0.29, 0.717) is 5.95 Å². The van der Waals surface area contributed by atoms with Gasteiger partial charge in [0, 0.05) is 37.1 Å². The Labute approximate surface area is 187 Å². The second-order valence-electron chi connectivity index (χ2n) is 8.54. The van der Waals surface area contributed by atoms with Crippen molar-refractivity contribution in [1.29, 1.82) is 0 Å². The lowest BCUT2D eigenvalue weighted by Gasteiger charge is -2.38. The van der Waals surface area contributed by atoms with Crippen LogP contribution in [0.2, 0.25) is 0 Å². The summed E-state index contributed by atoms with van der Waals surface area (Å²) in [4.78, 5) is 23.8. The normalized spacial score (nSPS) is 17.3. The first-order valence-corrected chi connectivity index (χ1v) is 11.1. The smallest absolute Gasteiger partial charge is 0.229 e. The molecule has 7 nitrogen and oxygen atoms in total. The predicted octanol–water partition coefficient (Wildman–Crippen LogP) is 4.43. The van der Waals surface area contributed by atoms with Crippen LogP contribution in [0.5, 0.6) is 11.5 Å². The molecule has 0 bridgehead atoms. The topological polar surface area (TPSA) is 79.4 Å². The number of hydrogen-bond donors (Lipinski definition) is 2. The number of para-hydroxylation sites is 1. The molecule has 0 atom stereocenters. The number of carbonyl (C=O) groups excluding carboxylic acids is 1. The molecule has 0 unspecified atom stereocenters. The van der Waals surface area contributed by atoms with Gasteiger partial charge < -0.3 is 20.3 Å². The molecule has 2 fully saturated rings. The highest BCUT2D eigenvalue weighted by Gasteiger charge is 2.44. The lowest BCUT2D eigenvalue weighted by molar-refractivity contribution is -0.128. The number of nitrogens with zero attached hydrogens (tertiary/aromatic N) is 3. The van der Waals surface area contributed by atoms with Gasteiger partial charge in [0.15, 0.2) is 0 Å². The number of carbonyl (C=O) groups is 1. The molecule has 3 heterocycles. The molecule has 32 heavy (non-hydrogen) atoms. The Morgan fingerprint density at radius 2 is 1.72 bits per heavy atom. The third-order valence-corrected chi connectivity index (χ3v) is 6.43. The van der Waals surface area contributed by atoms with Crippen LogP contribution in [0.15, 0.2) is 60.8 Å². The van der Waals surface area contributed by atoms with Crippen LogP contribution < -0.4 is 20.3 Å². The minimum absolute atomic E-state index is 0.178. The maximum Gasteiger partial charge on any atom is 0.229 e. The Hall–Kier alpha value is -3.61.